The minimum atomic E-state index is -0.771. The Bertz CT molecular complexity index is 1430. The van der Waals surface area contributed by atoms with Crippen LogP contribution in [-0.2, 0) is 4.79 Å². The van der Waals surface area contributed by atoms with Gasteiger partial charge in [-0.1, -0.05) is 54.6 Å². The highest BCUT2D eigenvalue weighted by molar-refractivity contribution is 7.98. The summed E-state index contributed by atoms with van der Waals surface area (Å²) in [5.74, 6) is 0.919. The van der Waals surface area contributed by atoms with E-state index in [0.717, 1.165) is 5.56 Å². The van der Waals surface area contributed by atoms with Gasteiger partial charge in [-0.25, -0.2) is 4.90 Å². The molecule has 2 aromatic heterocycles. The number of nitrogens with one attached hydrogen (secondary N) is 1. The number of anilines is 1. The second kappa shape index (κ2) is 8.53. The molecule has 1 aliphatic rings. The molecule has 0 saturated carbocycles. The molecule has 0 fully saturated rings. The highest BCUT2D eigenvalue weighted by atomic mass is 35.5. The Morgan fingerprint density at radius 2 is 1.88 bits per heavy atom. The van der Waals surface area contributed by atoms with E-state index in [-0.39, 0.29) is 17.9 Å². The van der Waals surface area contributed by atoms with Crippen LogP contribution in [0.15, 0.2) is 75.0 Å². The summed E-state index contributed by atoms with van der Waals surface area (Å²) in [6.07, 6.45) is 1.33. The number of nitrogens with zero attached hydrogens (tertiary/aromatic N) is 3. The van der Waals surface area contributed by atoms with Gasteiger partial charge in [0.2, 0.25) is 11.1 Å². The maximum atomic E-state index is 13.2. The molecule has 33 heavy (non-hydrogen) atoms. The number of furan rings is 1. The molecule has 5 rings (SSSR count). The molecule has 1 N–H and O–H groups in total. The minimum Gasteiger partial charge on any atom is -0.452 e. The average molecular weight is 480 g/mol. The monoisotopic (exact) mass is 479 g/mol. The number of carbonyl (C=O) groups is 1. The number of hydrogen-bond donors (Lipinski definition) is 1. The van der Waals surface area contributed by atoms with Gasteiger partial charge in [-0.15, -0.1) is 0 Å². The lowest BCUT2D eigenvalue weighted by Gasteiger charge is -2.30. The summed E-state index contributed by atoms with van der Waals surface area (Å²) in [7, 11) is 0. The molecule has 0 saturated heterocycles. The van der Waals surface area contributed by atoms with Crippen molar-refractivity contribution in [2.75, 3.05) is 11.2 Å². The van der Waals surface area contributed by atoms with Crippen LogP contribution in [0.5, 0.6) is 0 Å². The second-order valence-electron chi connectivity index (χ2n) is 7.45. The third kappa shape index (κ3) is 3.55. The van der Waals surface area contributed by atoms with Crippen LogP contribution >= 0.6 is 23.4 Å². The molecular weight excluding hydrogens is 460 g/mol. The third-order valence-corrected chi connectivity index (χ3v) is 6.44. The molecule has 0 bridgehead atoms. The van der Waals surface area contributed by atoms with Gasteiger partial charge in [0.15, 0.2) is 5.76 Å². The number of halogens is 1. The van der Waals surface area contributed by atoms with E-state index in [0.29, 0.717) is 38.6 Å². The van der Waals surface area contributed by atoms with Crippen LogP contribution in [0.2, 0.25) is 5.02 Å². The molecule has 0 spiro atoms. The van der Waals surface area contributed by atoms with E-state index in [1.54, 1.807) is 28.6 Å². The Balaban J connectivity index is 1.77. The first kappa shape index (κ1) is 21.5. The zero-order valence-electron chi connectivity index (χ0n) is 17.9. The van der Waals surface area contributed by atoms with Gasteiger partial charge in [-0.3, -0.25) is 14.6 Å². The zero-order valence-corrected chi connectivity index (χ0v) is 19.5. The van der Waals surface area contributed by atoms with Crippen molar-refractivity contribution < 1.29 is 13.9 Å². The van der Waals surface area contributed by atoms with Crippen LogP contribution in [0.25, 0.3) is 22.6 Å². The lowest BCUT2D eigenvalue weighted by atomic mass is 10.0. The number of thioether (sulfide) groups is 1. The van der Waals surface area contributed by atoms with Gasteiger partial charge < -0.3 is 4.42 Å². The molecule has 1 amide bonds. The Morgan fingerprint density at radius 1 is 1.15 bits per heavy atom. The molecule has 1 aliphatic heterocycles. The normalized spacial score (nSPS) is 14.6. The molecule has 0 unspecified atom stereocenters. The first-order chi connectivity index (χ1) is 16.0. The lowest BCUT2D eigenvalue weighted by Crippen LogP contribution is -2.60. The molecule has 2 aromatic carbocycles. The van der Waals surface area contributed by atoms with Crippen LogP contribution in [0.1, 0.15) is 25.3 Å². The Hall–Kier alpha value is -3.36. The fourth-order valence-electron chi connectivity index (χ4n) is 4.06. The van der Waals surface area contributed by atoms with Crippen LogP contribution in [0.4, 0.5) is 5.69 Å². The number of carbonyl (C=O) groups excluding carboxylic acids is 1. The summed E-state index contributed by atoms with van der Waals surface area (Å²) < 4.78 is 7.82. The summed E-state index contributed by atoms with van der Waals surface area (Å²) in [6, 6.07) is 18.3. The standard InChI is InChI=1S/C24H19ClN4O3S/c1-3-20(30)28-17-11-7-5-9-15(17)21-22(31)26-24(33-2)27-29(21)23(28)19-13-12-18(32-19)14-8-4-6-10-16(14)25/h4-13,23H,3H2,1-2H3/p+1/t23-/m0/s1. The molecule has 0 radical (unpaired) electrons. The number of amides is 1. The van der Waals surface area contributed by atoms with Gasteiger partial charge in [0.25, 0.3) is 0 Å². The first-order valence-corrected chi connectivity index (χ1v) is 12.0. The van der Waals surface area contributed by atoms with Gasteiger partial charge in [0.05, 0.1) is 16.3 Å². The van der Waals surface area contributed by atoms with E-state index >= 15 is 0 Å². The summed E-state index contributed by atoms with van der Waals surface area (Å²) >= 11 is 7.69. The first-order valence-electron chi connectivity index (χ1n) is 10.4. The van der Waals surface area contributed by atoms with E-state index in [1.807, 2.05) is 54.8 Å². The second-order valence-corrected chi connectivity index (χ2v) is 8.65. The Morgan fingerprint density at radius 3 is 2.61 bits per heavy atom. The molecule has 166 valence electrons. The number of aromatic nitrogens is 3. The minimum absolute atomic E-state index is 0.117. The highest BCUT2D eigenvalue weighted by Gasteiger charge is 2.47. The van der Waals surface area contributed by atoms with Crippen molar-refractivity contribution in [2.45, 2.75) is 24.7 Å². The SMILES string of the molecule is CCC(=O)N1c2ccccc2-c2c(=O)[nH]c(SC)n[n+]2[C@H]1c1ccc(-c2ccccc2Cl)o1. The molecule has 1 atom stereocenters. The molecule has 3 heterocycles. The largest absolute Gasteiger partial charge is 0.452 e. The zero-order chi connectivity index (χ0) is 23.1. The smallest absolute Gasteiger partial charge is 0.325 e. The van der Waals surface area contributed by atoms with Crippen LogP contribution < -0.4 is 15.1 Å². The molecule has 7 nitrogen and oxygen atoms in total. The lowest BCUT2D eigenvalue weighted by molar-refractivity contribution is -0.764. The predicted molar refractivity (Wildman–Crippen MR) is 127 cm³/mol. The van der Waals surface area contributed by atoms with Crippen molar-refractivity contribution in [1.29, 1.82) is 0 Å². The van der Waals surface area contributed by atoms with Crippen LogP contribution in [0, 0.1) is 0 Å². The molecule has 9 heteroatoms. The molecule has 0 aliphatic carbocycles. The van der Waals surface area contributed by atoms with Gasteiger partial charge >= 0.3 is 17.4 Å². The number of hydrogen-bond acceptors (Lipinski definition) is 5. The van der Waals surface area contributed by atoms with Gasteiger partial charge in [0, 0.05) is 17.1 Å². The summed E-state index contributed by atoms with van der Waals surface area (Å²) in [6.45, 7) is 1.80. The van der Waals surface area contributed by atoms with Gasteiger partial charge in [0.1, 0.15) is 5.76 Å². The van der Waals surface area contributed by atoms with Crippen molar-refractivity contribution >= 4 is 35.0 Å². The maximum absolute atomic E-state index is 13.2. The topological polar surface area (TPSA) is 83.1 Å². The number of rotatable bonds is 4. The third-order valence-electron chi connectivity index (χ3n) is 5.54. The number of fused-ring (bicyclic) bond motifs is 3. The number of para-hydroxylation sites is 1. The molecular formula is C24H20ClN4O3S+. The Labute approximate surface area is 199 Å². The average Bonchev–Trinajstić information content (AvgIpc) is 3.32. The van der Waals surface area contributed by atoms with E-state index in [9.17, 15) is 9.59 Å². The van der Waals surface area contributed by atoms with Crippen molar-refractivity contribution in [3.63, 3.8) is 0 Å². The number of H-pyrrole nitrogens is 1. The fourth-order valence-corrected chi connectivity index (χ4v) is 4.65. The van der Waals surface area contributed by atoms with E-state index in [1.165, 1.54) is 11.8 Å². The van der Waals surface area contributed by atoms with Crippen LogP contribution in [-0.4, -0.2) is 22.2 Å². The summed E-state index contributed by atoms with van der Waals surface area (Å²) in [4.78, 5) is 30.8. The van der Waals surface area contributed by atoms with E-state index in [4.69, 9.17) is 16.0 Å². The molecule has 4 aromatic rings. The maximum Gasteiger partial charge on any atom is 0.325 e. The van der Waals surface area contributed by atoms with Gasteiger partial charge in [-0.05, 0) is 47.3 Å². The van der Waals surface area contributed by atoms with Crippen molar-refractivity contribution in [3.05, 3.63) is 81.8 Å². The number of aromatic amines is 1. The van der Waals surface area contributed by atoms with Crippen molar-refractivity contribution in [1.82, 2.24) is 10.1 Å². The van der Waals surface area contributed by atoms with E-state index < -0.39 is 6.17 Å². The quantitative estimate of drug-likeness (QED) is 0.340. The summed E-state index contributed by atoms with van der Waals surface area (Å²) in [5.41, 5.74) is 2.09. The van der Waals surface area contributed by atoms with E-state index in [2.05, 4.69) is 10.1 Å². The fraction of sp³-hybridized carbons (Fsp3) is 0.167. The summed E-state index contributed by atoms with van der Waals surface area (Å²) in [5, 5.41) is 5.66. The highest BCUT2D eigenvalue weighted by Crippen LogP contribution is 2.39. The Kier molecular flexibility index (Phi) is 5.55. The van der Waals surface area contributed by atoms with Crippen molar-refractivity contribution in [2.24, 2.45) is 0 Å². The van der Waals surface area contributed by atoms with Gasteiger partial charge in [-0.2, -0.15) is 0 Å². The predicted octanol–water partition coefficient (Wildman–Crippen LogP) is 4.66. The van der Waals surface area contributed by atoms with Crippen molar-refractivity contribution in [3.8, 4) is 22.6 Å². The number of benzene rings is 2. The van der Waals surface area contributed by atoms with Crippen LogP contribution in [0.3, 0.4) is 0 Å².